The van der Waals surface area contributed by atoms with Gasteiger partial charge < -0.3 is 14.7 Å². The van der Waals surface area contributed by atoms with Crippen LogP contribution in [0.4, 0.5) is 4.79 Å². The molecule has 0 radical (unpaired) electrons. The van der Waals surface area contributed by atoms with E-state index in [0.29, 0.717) is 6.54 Å². The molecule has 1 N–H and O–H groups in total. The van der Waals surface area contributed by atoms with E-state index in [1.807, 2.05) is 20.8 Å². The zero-order chi connectivity index (χ0) is 10.2. The molecule has 1 heterocycles. The number of carbonyl (C=O) groups is 1. The molecule has 4 heteroatoms. The standard InChI is InChI=1S/C9H17NO3/c1-6-7(11)5-10(6)8(12)13-9(2,3)4/h6-7,11H,5H2,1-4H3/t6-,7?/m1/s1. The maximum Gasteiger partial charge on any atom is 0.410 e. The minimum Gasteiger partial charge on any atom is -0.444 e. The third kappa shape index (κ3) is 2.34. The van der Waals surface area contributed by atoms with Crippen molar-refractivity contribution < 1.29 is 14.6 Å². The molecule has 13 heavy (non-hydrogen) atoms. The van der Waals surface area contributed by atoms with Gasteiger partial charge in [0.1, 0.15) is 5.60 Å². The Morgan fingerprint density at radius 3 is 2.38 bits per heavy atom. The molecule has 1 amide bonds. The first-order valence-corrected chi connectivity index (χ1v) is 4.49. The van der Waals surface area contributed by atoms with Crippen LogP contribution in [0.25, 0.3) is 0 Å². The number of amides is 1. The fourth-order valence-corrected chi connectivity index (χ4v) is 1.15. The lowest BCUT2D eigenvalue weighted by atomic mass is 10.0. The van der Waals surface area contributed by atoms with Crippen LogP contribution in [0, 0.1) is 0 Å². The summed E-state index contributed by atoms with van der Waals surface area (Å²) in [5.74, 6) is 0. The highest BCUT2D eigenvalue weighted by molar-refractivity contribution is 5.69. The maximum atomic E-state index is 11.4. The Balaban J connectivity index is 2.42. The highest BCUT2D eigenvalue weighted by Gasteiger charge is 2.39. The van der Waals surface area contributed by atoms with Crippen LogP contribution in [-0.4, -0.2) is 40.4 Å². The van der Waals surface area contributed by atoms with Crippen LogP contribution >= 0.6 is 0 Å². The molecule has 0 spiro atoms. The summed E-state index contributed by atoms with van der Waals surface area (Å²) in [4.78, 5) is 12.9. The molecular formula is C9H17NO3. The molecule has 1 saturated heterocycles. The summed E-state index contributed by atoms with van der Waals surface area (Å²) in [5.41, 5.74) is -0.461. The van der Waals surface area contributed by atoms with Crippen LogP contribution in [-0.2, 0) is 4.74 Å². The number of hydrogen-bond acceptors (Lipinski definition) is 3. The zero-order valence-electron chi connectivity index (χ0n) is 8.57. The third-order valence-corrected chi connectivity index (χ3v) is 2.06. The van der Waals surface area contributed by atoms with Gasteiger partial charge in [-0.15, -0.1) is 0 Å². The van der Waals surface area contributed by atoms with Crippen molar-refractivity contribution >= 4 is 6.09 Å². The van der Waals surface area contributed by atoms with Crippen molar-refractivity contribution in [3.8, 4) is 0 Å². The lowest BCUT2D eigenvalue weighted by Gasteiger charge is -2.43. The SMILES string of the molecule is C[C@@H]1C(O)CN1C(=O)OC(C)(C)C. The number of likely N-dealkylation sites (tertiary alicyclic amines) is 1. The summed E-state index contributed by atoms with van der Waals surface area (Å²) in [6.45, 7) is 7.66. The van der Waals surface area contributed by atoms with Crippen molar-refractivity contribution in [2.75, 3.05) is 6.54 Å². The highest BCUT2D eigenvalue weighted by Crippen LogP contribution is 2.20. The first-order valence-electron chi connectivity index (χ1n) is 4.49. The smallest absolute Gasteiger partial charge is 0.410 e. The molecule has 1 rings (SSSR count). The maximum absolute atomic E-state index is 11.4. The first kappa shape index (κ1) is 10.3. The van der Waals surface area contributed by atoms with Crippen molar-refractivity contribution in [3.63, 3.8) is 0 Å². The number of carbonyl (C=O) groups excluding carboxylic acids is 1. The normalized spacial score (nSPS) is 28.2. The van der Waals surface area contributed by atoms with Gasteiger partial charge in [-0.2, -0.15) is 0 Å². The molecular weight excluding hydrogens is 170 g/mol. The zero-order valence-corrected chi connectivity index (χ0v) is 8.57. The molecule has 2 atom stereocenters. The van der Waals surface area contributed by atoms with Gasteiger partial charge >= 0.3 is 6.09 Å². The van der Waals surface area contributed by atoms with E-state index in [1.165, 1.54) is 4.90 Å². The van der Waals surface area contributed by atoms with Gasteiger partial charge in [0.15, 0.2) is 0 Å². The largest absolute Gasteiger partial charge is 0.444 e. The van der Waals surface area contributed by atoms with Gasteiger partial charge in [-0.3, -0.25) is 0 Å². The Morgan fingerprint density at radius 1 is 1.54 bits per heavy atom. The number of rotatable bonds is 0. The first-order chi connectivity index (χ1) is 5.81. The average Bonchev–Trinajstić information content (AvgIpc) is 1.95. The number of hydrogen-bond donors (Lipinski definition) is 1. The Morgan fingerprint density at radius 2 is 2.08 bits per heavy atom. The van der Waals surface area contributed by atoms with Gasteiger partial charge in [0.2, 0.25) is 0 Å². The van der Waals surface area contributed by atoms with E-state index in [1.54, 1.807) is 6.92 Å². The lowest BCUT2D eigenvalue weighted by molar-refractivity contribution is -0.0640. The second-order valence-corrected chi connectivity index (χ2v) is 4.44. The summed E-state index contributed by atoms with van der Waals surface area (Å²) < 4.78 is 5.14. The molecule has 1 unspecified atom stereocenters. The highest BCUT2D eigenvalue weighted by atomic mass is 16.6. The molecule has 0 aromatic carbocycles. The van der Waals surface area contributed by atoms with Gasteiger partial charge in [0, 0.05) is 0 Å². The van der Waals surface area contributed by atoms with Gasteiger partial charge in [-0.05, 0) is 27.7 Å². The number of β-amino-alcohol motifs (C(OH)–C–C–N with tert-alkyl or cyclic N) is 1. The van der Waals surface area contributed by atoms with Gasteiger partial charge in [0.05, 0.1) is 18.7 Å². The van der Waals surface area contributed by atoms with Crippen LogP contribution in [0.2, 0.25) is 0 Å². The quantitative estimate of drug-likeness (QED) is 0.615. The molecule has 0 aromatic heterocycles. The molecule has 0 bridgehead atoms. The summed E-state index contributed by atoms with van der Waals surface area (Å²) in [7, 11) is 0. The lowest BCUT2D eigenvalue weighted by Crippen LogP contribution is -2.61. The van der Waals surface area contributed by atoms with Gasteiger partial charge in [-0.1, -0.05) is 0 Å². The van der Waals surface area contributed by atoms with Crippen molar-refractivity contribution in [2.45, 2.75) is 45.4 Å². The minimum atomic E-state index is -0.461. The Kier molecular flexibility index (Phi) is 2.52. The Bertz CT molecular complexity index is 209. The van der Waals surface area contributed by atoms with Crippen LogP contribution in [0.3, 0.4) is 0 Å². The molecule has 1 fully saturated rings. The topological polar surface area (TPSA) is 49.8 Å². The fourth-order valence-electron chi connectivity index (χ4n) is 1.15. The van der Waals surface area contributed by atoms with Crippen LogP contribution in [0.15, 0.2) is 0 Å². The predicted octanol–water partition coefficient (Wildman–Crippen LogP) is 0.987. The van der Waals surface area contributed by atoms with E-state index in [-0.39, 0.29) is 12.1 Å². The van der Waals surface area contributed by atoms with Crippen LogP contribution in [0.1, 0.15) is 27.7 Å². The predicted molar refractivity (Wildman–Crippen MR) is 48.4 cm³/mol. The number of nitrogens with zero attached hydrogens (tertiary/aromatic N) is 1. The molecule has 0 aliphatic carbocycles. The molecule has 4 nitrogen and oxygen atoms in total. The van der Waals surface area contributed by atoms with Crippen LogP contribution < -0.4 is 0 Å². The summed E-state index contributed by atoms with van der Waals surface area (Å²) in [5, 5.41) is 9.18. The number of aliphatic hydroxyl groups is 1. The van der Waals surface area contributed by atoms with Crippen molar-refractivity contribution in [2.24, 2.45) is 0 Å². The molecule has 0 saturated carbocycles. The molecule has 1 aliphatic heterocycles. The van der Waals surface area contributed by atoms with E-state index >= 15 is 0 Å². The van der Waals surface area contributed by atoms with Crippen molar-refractivity contribution in [1.82, 2.24) is 4.90 Å². The Hall–Kier alpha value is -0.770. The van der Waals surface area contributed by atoms with E-state index in [0.717, 1.165) is 0 Å². The molecule has 1 aliphatic rings. The second kappa shape index (κ2) is 3.18. The van der Waals surface area contributed by atoms with E-state index in [9.17, 15) is 9.90 Å². The average molecular weight is 187 g/mol. The third-order valence-electron chi connectivity index (χ3n) is 2.06. The fraction of sp³-hybridized carbons (Fsp3) is 0.889. The van der Waals surface area contributed by atoms with Crippen LogP contribution in [0.5, 0.6) is 0 Å². The monoisotopic (exact) mass is 187 g/mol. The Labute approximate surface area is 78.5 Å². The second-order valence-electron chi connectivity index (χ2n) is 4.44. The summed E-state index contributed by atoms with van der Waals surface area (Å²) >= 11 is 0. The summed E-state index contributed by atoms with van der Waals surface area (Å²) in [6, 6.07) is -0.116. The number of ether oxygens (including phenoxy) is 1. The van der Waals surface area contributed by atoms with Crippen molar-refractivity contribution in [3.05, 3.63) is 0 Å². The van der Waals surface area contributed by atoms with E-state index in [2.05, 4.69) is 0 Å². The van der Waals surface area contributed by atoms with E-state index < -0.39 is 11.7 Å². The number of aliphatic hydroxyl groups excluding tert-OH is 1. The van der Waals surface area contributed by atoms with Gasteiger partial charge in [-0.25, -0.2) is 4.79 Å². The van der Waals surface area contributed by atoms with E-state index in [4.69, 9.17) is 4.74 Å². The minimum absolute atomic E-state index is 0.116. The summed E-state index contributed by atoms with van der Waals surface area (Å²) in [6.07, 6.45) is -0.738. The van der Waals surface area contributed by atoms with Crippen molar-refractivity contribution in [1.29, 1.82) is 0 Å². The molecule has 76 valence electrons. The van der Waals surface area contributed by atoms with Gasteiger partial charge in [0.25, 0.3) is 0 Å². The molecule has 0 aromatic rings.